The fourth-order valence-electron chi connectivity index (χ4n) is 2.76. The Morgan fingerprint density at radius 1 is 1.44 bits per heavy atom. The normalized spacial score (nSPS) is 18.0. The summed E-state index contributed by atoms with van der Waals surface area (Å²) in [6.45, 7) is 2.90. The van der Waals surface area contributed by atoms with Crippen LogP contribution in [0.4, 0.5) is 4.79 Å². The predicted octanol–water partition coefficient (Wildman–Crippen LogP) is 2.73. The molecule has 0 bridgehead atoms. The number of amides is 2. The third kappa shape index (κ3) is 3.03. The molecule has 3 nitrogen and oxygen atoms in total. The number of rotatable bonds is 3. The summed E-state index contributed by atoms with van der Waals surface area (Å²) in [6.07, 6.45) is 4.74. The maximum atomic E-state index is 11.1. The molecule has 0 aromatic heterocycles. The molecule has 0 spiro atoms. The lowest BCUT2D eigenvalue weighted by Gasteiger charge is -2.26. The summed E-state index contributed by atoms with van der Waals surface area (Å²) in [5.41, 5.74) is 4.33. The van der Waals surface area contributed by atoms with Gasteiger partial charge in [-0.3, -0.25) is 0 Å². The fourth-order valence-corrected chi connectivity index (χ4v) is 2.76. The highest BCUT2D eigenvalue weighted by atomic mass is 16.2. The van der Waals surface area contributed by atoms with E-state index in [2.05, 4.69) is 35.8 Å². The second-order valence-corrected chi connectivity index (χ2v) is 5.09. The van der Waals surface area contributed by atoms with Crippen LogP contribution in [0.1, 0.15) is 41.9 Å². The topological polar surface area (TPSA) is 41.1 Å². The highest BCUT2D eigenvalue weighted by Crippen LogP contribution is 2.34. The molecule has 3 heteroatoms. The van der Waals surface area contributed by atoms with E-state index in [1.54, 1.807) is 7.05 Å². The van der Waals surface area contributed by atoms with Gasteiger partial charge in [-0.1, -0.05) is 23.8 Å². The molecule has 1 aliphatic rings. The Balaban J connectivity index is 1.99. The molecular formula is C15H22N2O. The Morgan fingerprint density at radius 3 is 3.06 bits per heavy atom. The van der Waals surface area contributed by atoms with Gasteiger partial charge in [-0.25, -0.2) is 4.79 Å². The Kier molecular flexibility index (Phi) is 4.24. The number of hydrogen-bond acceptors (Lipinski definition) is 1. The number of nitrogens with one attached hydrogen (secondary N) is 2. The molecular weight excluding hydrogens is 224 g/mol. The van der Waals surface area contributed by atoms with Crippen molar-refractivity contribution < 1.29 is 4.79 Å². The van der Waals surface area contributed by atoms with E-state index in [1.807, 2.05) is 0 Å². The lowest BCUT2D eigenvalue weighted by molar-refractivity contribution is 0.242. The van der Waals surface area contributed by atoms with Crippen molar-refractivity contribution in [2.45, 2.75) is 38.5 Å². The van der Waals surface area contributed by atoms with Crippen molar-refractivity contribution in [2.24, 2.45) is 0 Å². The maximum absolute atomic E-state index is 11.1. The largest absolute Gasteiger partial charge is 0.341 e. The molecule has 2 rings (SSSR count). The average Bonchev–Trinajstić information content (AvgIpc) is 2.39. The molecule has 1 aromatic carbocycles. The Bertz CT molecular complexity index is 429. The third-order valence-corrected chi connectivity index (χ3v) is 3.75. The number of benzene rings is 1. The zero-order chi connectivity index (χ0) is 13.0. The van der Waals surface area contributed by atoms with E-state index in [-0.39, 0.29) is 6.03 Å². The SMILES string of the molecule is CNC(=O)NCC[C@H]1CCCc2ccc(C)cc21. The number of hydrogen-bond donors (Lipinski definition) is 2. The van der Waals surface area contributed by atoms with Crippen molar-refractivity contribution in [3.63, 3.8) is 0 Å². The molecule has 0 fully saturated rings. The predicted molar refractivity (Wildman–Crippen MR) is 73.9 cm³/mol. The Morgan fingerprint density at radius 2 is 2.28 bits per heavy atom. The van der Waals surface area contributed by atoms with Crippen LogP contribution in [0.2, 0.25) is 0 Å². The third-order valence-electron chi connectivity index (χ3n) is 3.75. The van der Waals surface area contributed by atoms with Crippen LogP contribution in [-0.4, -0.2) is 19.6 Å². The first kappa shape index (κ1) is 12.9. The van der Waals surface area contributed by atoms with Gasteiger partial charge in [0.25, 0.3) is 0 Å². The van der Waals surface area contributed by atoms with Crippen LogP contribution in [-0.2, 0) is 6.42 Å². The van der Waals surface area contributed by atoms with Gasteiger partial charge in [0.05, 0.1) is 0 Å². The summed E-state index contributed by atoms with van der Waals surface area (Å²) in [5, 5.41) is 5.46. The van der Waals surface area contributed by atoms with Crippen LogP contribution in [0, 0.1) is 6.92 Å². The van der Waals surface area contributed by atoms with Crippen LogP contribution in [0.5, 0.6) is 0 Å². The van der Waals surface area contributed by atoms with Gasteiger partial charge in [0.1, 0.15) is 0 Å². The van der Waals surface area contributed by atoms with E-state index < -0.39 is 0 Å². The molecule has 1 atom stereocenters. The first-order chi connectivity index (χ1) is 8.70. The summed E-state index contributed by atoms with van der Waals surface area (Å²) < 4.78 is 0. The average molecular weight is 246 g/mol. The molecule has 1 aliphatic carbocycles. The van der Waals surface area contributed by atoms with Crippen molar-refractivity contribution in [3.05, 3.63) is 34.9 Å². The summed E-state index contributed by atoms with van der Waals surface area (Å²) in [7, 11) is 1.65. The summed E-state index contributed by atoms with van der Waals surface area (Å²) in [4.78, 5) is 11.1. The number of carbonyl (C=O) groups excluding carboxylic acids is 1. The van der Waals surface area contributed by atoms with E-state index in [0.717, 1.165) is 13.0 Å². The number of fused-ring (bicyclic) bond motifs is 1. The van der Waals surface area contributed by atoms with Gasteiger partial charge in [-0.2, -0.15) is 0 Å². The molecule has 98 valence electrons. The minimum absolute atomic E-state index is 0.0877. The standard InChI is InChI=1S/C15H22N2O/c1-11-6-7-12-4-3-5-13(14(12)10-11)8-9-17-15(18)16-2/h6-7,10,13H,3-5,8-9H2,1-2H3,(H2,16,17,18)/t13-/m1/s1. The molecule has 0 unspecified atom stereocenters. The van der Waals surface area contributed by atoms with E-state index in [1.165, 1.54) is 36.0 Å². The van der Waals surface area contributed by atoms with Gasteiger partial charge in [0.2, 0.25) is 0 Å². The molecule has 0 aliphatic heterocycles. The fraction of sp³-hybridized carbons (Fsp3) is 0.533. The minimum atomic E-state index is -0.0877. The summed E-state index contributed by atoms with van der Waals surface area (Å²) in [6, 6.07) is 6.70. The lowest BCUT2D eigenvalue weighted by Crippen LogP contribution is -2.34. The smallest absolute Gasteiger partial charge is 0.314 e. The van der Waals surface area contributed by atoms with Crippen LogP contribution in [0.25, 0.3) is 0 Å². The summed E-state index contributed by atoms with van der Waals surface area (Å²) >= 11 is 0. The number of urea groups is 1. The van der Waals surface area contributed by atoms with Gasteiger partial charge in [0.15, 0.2) is 0 Å². The van der Waals surface area contributed by atoms with Crippen molar-refractivity contribution >= 4 is 6.03 Å². The molecule has 0 heterocycles. The zero-order valence-corrected chi connectivity index (χ0v) is 11.3. The first-order valence-corrected chi connectivity index (χ1v) is 6.75. The molecule has 18 heavy (non-hydrogen) atoms. The lowest BCUT2D eigenvalue weighted by atomic mass is 9.80. The molecule has 1 aromatic rings. The van der Waals surface area contributed by atoms with Crippen LogP contribution in [0.15, 0.2) is 18.2 Å². The highest BCUT2D eigenvalue weighted by Gasteiger charge is 2.19. The second kappa shape index (κ2) is 5.89. The quantitative estimate of drug-likeness (QED) is 0.846. The first-order valence-electron chi connectivity index (χ1n) is 6.75. The van der Waals surface area contributed by atoms with Gasteiger partial charge in [-0.15, -0.1) is 0 Å². The van der Waals surface area contributed by atoms with Gasteiger partial charge >= 0.3 is 6.03 Å². The van der Waals surface area contributed by atoms with Gasteiger partial charge in [0, 0.05) is 13.6 Å². The number of aryl methyl sites for hydroxylation is 2. The summed E-state index contributed by atoms with van der Waals surface area (Å²) in [5.74, 6) is 0.603. The van der Waals surface area contributed by atoms with Crippen molar-refractivity contribution in [2.75, 3.05) is 13.6 Å². The Hall–Kier alpha value is -1.51. The zero-order valence-electron chi connectivity index (χ0n) is 11.3. The minimum Gasteiger partial charge on any atom is -0.341 e. The van der Waals surface area contributed by atoms with Crippen molar-refractivity contribution in [1.29, 1.82) is 0 Å². The van der Waals surface area contributed by atoms with E-state index in [0.29, 0.717) is 5.92 Å². The molecule has 0 saturated carbocycles. The Labute approximate surface area is 109 Å². The maximum Gasteiger partial charge on any atom is 0.314 e. The van der Waals surface area contributed by atoms with E-state index in [9.17, 15) is 4.79 Å². The van der Waals surface area contributed by atoms with Gasteiger partial charge < -0.3 is 10.6 Å². The van der Waals surface area contributed by atoms with Crippen molar-refractivity contribution in [1.82, 2.24) is 10.6 Å². The molecule has 0 radical (unpaired) electrons. The number of carbonyl (C=O) groups is 1. The van der Waals surface area contributed by atoms with Crippen LogP contribution >= 0.6 is 0 Å². The second-order valence-electron chi connectivity index (χ2n) is 5.09. The monoisotopic (exact) mass is 246 g/mol. The van der Waals surface area contributed by atoms with Crippen molar-refractivity contribution in [3.8, 4) is 0 Å². The van der Waals surface area contributed by atoms with Gasteiger partial charge in [-0.05, 0) is 49.7 Å². The van der Waals surface area contributed by atoms with E-state index >= 15 is 0 Å². The molecule has 2 amide bonds. The van der Waals surface area contributed by atoms with Crippen LogP contribution < -0.4 is 10.6 Å². The molecule has 0 saturated heterocycles. The molecule has 2 N–H and O–H groups in total. The van der Waals surface area contributed by atoms with E-state index in [4.69, 9.17) is 0 Å². The van der Waals surface area contributed by atoms with Crippen LogP contribution in [0.3, 0.4) is 0 Å². The highest BCUT2D eigenvalue weighted by molar-refractivity contribution is 5.73.